The lowest BCUT2D eigenvalue weighted by Gasteiger charge is -2.27. The second-order valence-electron chi connectivity index (χ2n) is 3.65. The number of rotatable bonds is 7. The van der Waals surface area contributed by atoms with Gasteiger partial charge in [-0.2, -0.15) is 0 Å². The van der Waals surface area contributed by atoms with Gasteiger partial charge in [0.15, 0.2) is 0 Å². The zero-order valence-electron chi connectivity index (χ0n) is 9.41. The van der Waals surface area contributed by atoms with Crippen LogP contribution < -0.4 is 5.32 Å². The molecule has 0 atom stereocenters. The van der Waals surface area contributed by atoms with Crippen LogP contribution in [0, 0.1) is 0 Å². The van der Waals surface area contributed by atoms with Crippen molar-refractivity contribution in [2.45, 2.75) is 32.2 Å². The first kappa shape index (κ1) is 14.4. The van der Waals surface area contributed by atoms with E-state index in [9.17, 15) is 13.2 Å². The predicted octanol–water partition coefficient (Wildman–Crippen LogP) is 0.264. The average molecular weight is 237 g/mol. The minimum atomic E-state index is -3.04. The molecule has 0 aliphatic heterocycles. The minimum absolute atomic E-state index is 0.0397. The Balaban J connectivity index is 4.38. The molecule has 0 aliphatic carbocycles. The summed E-state index contributed by atoms with van der Waals surface area (Å²) in [5.74, 6) is -0.969. The van der Waals surface area contributed by atoms with Crippen LogP contribution >= 0.6 is 0 Å². The molecule has 0 fully saturated rings. The summed E-state index contributed by atoms with van der Waals surface area (Å²) < 4.78 is 21.8. The van der Waals surface area contributed by atoms with E-state index in [0.717, 1.165) is 6.26 Å². The summed E-state index contributed by atoms with van der Waals surface area (Å²) in [6, 6.07) is 0. The molecule has 0 aromatic carbocycles. The predicted molar refractivity (Wildman–Crippen MR) is 58.7 cm³/mol. The number of carboxylic acid groups (broad SMARTS) is 1. The van der Waals surface area contributed by atoms with Gasteiger partial charge >= 0.3 is 5.97 Å². The molecule has 0 heterocycles. The van der Waals surface area contributed by atoms with E-state index in [1.807, 2.05) is 0 Å². The molecule has 2 N–H and O–H groups in total. The van der Waals surface area contributed by atoms with Gasteiger partial charge in [-0.15, -0.1) is 0 Å². The number of hydrogen-bond acceptors (Lipinski definition) is 4. The van der Waals surface area contributed by atoms with Crippen LogP contribution in [-0.2, 0) is 14.6 Å². The average Bonchev–Trinajstić information content (AvgIpc) is 2.10. The number of nitrogens with one attached hydrogen (secondary N) is 1. The van der Waals surface area contributed by atoms with Gasteiger partial charge in [0.25, 0.3) is 0 Å². The van der Waals surface area contributed by atoms with Crippen molar-refractivity contribution >= 4 is 15.8 Å². The van der Waals surface area contributed by atoms with E-state index in [2.05, 4.69) is 5.32 Å². The maximum atomic E-state index is 11.0. The van der Waals surface area contributed by atoms with Crippen LogP contribution in [0.1, 0.15) is 26.7 Å². The Labute approximate surface area is 90.8 Å². The van der Waals surface area contributed by atoms with E-state index in [-0.39, 0.29) is 12.3 Å². The lowest BCUT2D eigenvalue weighted by molar-refractivity contribution is -0.145. The summed E-state index contributed by atoms with van der Waals surface area (Å²) in [5, 5.41) is 11.9. The Kier molecular flexibility index (Phi) is 5.23. The molecule has 5 nitrogen and oxygen atoms in total. The number of carbonyl (C=O) groups is 1. The molecule has 90 valence electrons. The normalized spacial score (nSPS) is 12.7. The minimum Gasteiger partial charge on any atom is -0.480 e. The van der Waals surface area contributed by atoms with Gasteiger partial charge in [0, 0.05) is 12.8 Å². The van der Waals surface area contributed by atoms with E-state index in [1.54, 1.807) is 13.8 Å². The van der Waals surface area contributed by atoms with Crippen molar-refractivity contribution in [2.24, 2.45) is 0 Å². The van der Waals surface area contributed by atoms with Crippen molar-refractivity contribution in [1.29, 1.82) is 0 Å². The Morgan fingerprint density at radius 2 is 1.80 bits per heavy atom. The molecular weight excluding hydrogens is 218 g/mol. The third-order valence-corrected chi connectivity index (χ3v) is 3.50. The Bertz CT molecular complexity index is 306. The number of sulfone groups is 1. The summed E-state index contributed by atoms with van der Waals surface area (Å²) in [5.41, 5.74) is -0.995. The van der Waals surface area contributed by atoms with E-state index in [0.29, 0.717) is 12.8 Å². The van der Waals surface area contributed by atoms with Gasteiger partial charge in [-0.05, 0) is 12.8 Å². The largest absolute Gasteiger partial charge is 0.480 e. The van der Waals surface area contributed by atoms with Crippen LogP contribution in [-0.4, -0.2) is 43.6 Å². The molecule has 0 saturated heterocycles. The zero-order chi connectivity index (χ0) is 12.1. The van der Waals surface area contributed by atoms with Gasteiger partial charge in [0.1, 0.15) is 15.4 Å². The van der Waals surface area contributed by atoms with Crippen molar-refractivity contribution < 1.29 is 18.3 Å². The molecule has 0 radical (unpaired) electrons. The first-order valence-electron chi connectivity index (χ1n) is 4.93. The van der Waals surface area contributed by atoms with Crippen molar-refractivity contribution in [1.82, 2.24) is 5.32 Å². The summed E-state index contributed by atoms with van der Waals surface area (Å²) in [4.78, 5) is 11.0. The topological polar surface area (TPSA) is 83.5 Å². The highest BCUT2D eigenvalue weighted by Gasteiger charge is 2.33. The molecule has 0 rings (SSSR count). The molecule has 0 bridgehead atoms. The molecule has 0 aromatic rings. The van der Waals surface area contributed by atoms with Crippen LogP contribution in [0.4, 0.5) is 0 Å². The quantitative estimate of drug-likeness (QED) is 0.664. The third kappa shape index (κ3) is 4.61. The van der Waals surface area contributed by atoms with Gasteiger partial charge in [0.2, 0.25) is 0 Å². The third-order valence-electron chi connectivity index (χ3n) is 2.55. The fraction of sp³-hybridized carbons (Fsp3) is 0.889. The fourth-order valence-electron chi connectivity index (χ4n) is 1.35. The summed E-state index contributed by atoms with van der Waals surface area (Å²) >= 11 is 0. The van der Waals surface area contributed by atoms with Gasteiger partial charge in [-0.3, -0.25) is 4.79 Å². The van der Waals surface area contributed by atoms with Crippen LogP contribution in [0.3, 0.4) is 0 Å². The summed E-state index contributed by atoms with van der Waals surface area (Å²) in [7, 11) is -3.04. The maximum absolute atomic E-state index is 11.0. The maximum Gasteiger partial charge on any atom is 0.323 e. The molecule has 15 heavy (non-hydrogen) atoms. The second kappa shape index (κ2) is 5.46. The first-order valence-corrected chi connectivity index (χ1v) is 6.99. The SMILES string of the molecule is CCC(CC)(NCCS(C)(=O)=O)C(=O)O. The van der Waals surface area contributed by atoms with Gasteiger partial charge < -0.3 is 10.4 Å². The second-order valence-corrected chi connectivity index (χ2v) is 5.91. The van der Waals surface area contributed by atoms with Crippen LogP contribution in [0.25, 0.3) is 0 Å². The molecule has 0 aromatic heterocycles. The van der Waals surface area contributed by atoms with Crippen LogP contribution in [0.15, 0.2) is 0 Å². The van der Waals surface area contributed by atoms with Crippen molar-refractivity contribution in [3.05, 3.63) is 0 Å². The zero-order valence-corrected chi connectivity index (χ0v) is 10.2. The van der Waals surface area contributed by atoms with E-state index in [1.165, 1.54) is 0 Å². The number of hydrogen-bond donors (Lipinski definition) is 2. The number of aliphatic carboxylic acids is 1. The molecule has 0 amide bonds. The van der Waals surface area contributed by atoms with Crippen molar-refractivity contribution in [3.8, 4) is 0 Å². The Hall–Kier alpha value is -0.620. The van der Waals surface area contributed by atoms with Gasteiger partial charge in [-0.25, -0.2) is 8.42 Å². The molecule has 0 saturated carbocycles. The van der Waals surface area contributed by atoms with E-state index < -0.39 is 21.3 Å². The van der Waals surface area contributed by atoms with Crippen LogP contribution in [0.2, 0.25) is 0 Å². The lowest BCUT2D eigenvalue weighted by atomic mass is 9.93. The Morgan fingerprint density at radius 1 is 1.33 bits per heavy atom. The summed E-state index contributed by atoms with van der Waals surface area (Å²) in [6.45, 7) is 3.71. The van der Waals surface area contributed by atoms with E-state index >= 15 is 0 Å². The molecular formula is C9H19NO4S. The lowest BCUT2D eigenvalue weighted by Crippen LogP contribution is -2.52. The van der Waals surface area contributed by atoms with E-state index in [4.69, 9.17) is 5.11 Å². The molecule has 0 unspecified atom stereocenters. The summed E-state index contributed by atoms with van der Waals surface area (Å²) in [6.07, 6.45) is 2.00. The number of carboxylic acids is 1. The highest BCUT2D eigenvalue weighted by Crippen LogP contribution is 2.14. The molecule has 0 aliphatic rings. The fourth-order valence-corrected chi connectivity index (χ4v) is 1.83. The first-order chi connectivity index (χ1) is 6.77. The van der Waals surface area contributed by atoms with Gasteiger partial charge in [-0.1, -0.05) is 13.8 Å². The highest BCUT2D eigenvalue weighted by molar-refractivity contribution is 7.90. The monoisotopic (exact) mass is 237 g/mol. The smallest absolute Gasteiger partial charge is 0.323 e. The standard InChI is InChI=1S/C9H19NO4S/c1-4-9(5-2,8(11)12)10-6-7-15(3,13)14/h10H,4-7H2,1-3H3,(H,11,12). The molecule has 0 spiro atoms. The van der Waals surface area contributed by atoms with Crippen LogP contribution in [0.5, 0.6) is 0 Å². The Morgan fingerprint density at radius 3 is 2.07 bits per heavy atom. The molecule has 6 heteroatoms. The van der Waals surface area contributed by atoms with Gasteiger partial charge in [0.05, 0.1) is 5.75 Å². The highest BCUT2D eigenvalue weighted by atomic mass is 32.2. The van der Waals surface area contributed by atoms with Crippen molar-refractivity contribution in [3.63, 3.8) is 0 Å². The van der Waals surface area contributed by atoms with Crippen molar-refractivity contribution in [2.75, 3.05) is 18.6 Å².